The zero-order valence-corrected chi connectivity index (χ0v) is 12.1. The van der Waals surface area contributed by atoms with Crippen molar-refractivity contribution in [1.82, 2.24) is 5.32 Å². The Hall–Kier alpha value is -1.45. The number of hydrogen-bond acceptors (Lipinski definition) is 3. The maximum absolute atomic E-state index is 12.1. The fourth-order valence-electron chi connectivity index (χ4n) is 2.43. The van der Waals surface area contributed by atoms with Gasteiger partial charge in [0.2, 0.25) is 0 Å². The number of ether oxygens (including phenoxy) is 1. The molecule has 1 aliphatic rings. The molecule has 0 atom stereocenters. The Morgan fingerprint density at radius 2 is 1.76 bits per heavy atom. The molecule has 0 radical (unpaired) electrons. The molecule has 1 N–H and O–H groups in total. The molecular formula is C14H16ClF3N2O. The van der Waals surface area contributed by atoms with E-state index in [0.29, 0.717) is 6.42 Å². The van der Waals surface area contributed by atoms with Gasteiger partial charge in [-0.2, -0.15) is 5.26 Å². The maximum atomic E-state index is 12.1. The van der Waals surface area contributed by atoms with Crippen molar-refractivity contribution in [2.45, 2.75) is 25.6 Å². The summed E-state index contributed by atoms with van der Waals surface area (Å²) in [7, 11) is 0. The Balaban J connectivity index is 0.00000220. The van der Waals surface area contributed by atoms with E-state index in [4.69, 9.17) is 0 Å². The van der Waals surface area contributed by atoms with Crippen molar-refractivity contribution in [1.29, 1.82) is 5.26 Å². The second-order valence-electron chi connectivity index (χ2n) is 5.01. The summed E-state index contributed by atoms with van der Waals surface area (Å²) in [6.45, 7) is 1.59. The van der Waals surface area contributed by atoms with Crippen LogP contribution >= 0.6 is 12.4 Å². The molecule has 0 bridgehead atoms. The Bertz CT molecular complexity index is 490. The fraction of sp³-hybridized carbons (Fsp3) is 0.500. The van der Waals surface area contributed by atoms with E-state index in [1.165, 1.54) is 12.1 Å². The average molecular weight is 321 g/mol. The third-order valence-electron chi connectivity index (χ3n) is 3.50. The number of hydrogen-bond donors (Lipinski definition) is 1. The summed E-state index contributed by atoms with van der Waals surface area (Å²) in [5.41, 5.74) is 0.431. The summed E-state index contributed by atoms with van der Waals surface area (Å²) in [5, 5.41) is 12.6. The Labute approximate surface area is 127 Å². The SMILES string of the molecule is Cl.N#CC1(Cc2ccc(OC(F)(F)F)cc2)CCNCC1. The van der Waals surface area contributed by atoms with Crippen molar-refractivity contribution in [2.75, 3.05) is 13.1 Å². The molecule has 0 aliphatic carbocycles. The number of nitriles is 1. The lowest BCUT2D eigenvalue weighted by molar-refractivity contribution is -0.274. The van der Waals surface area contributed by atoms with E-state index in [-0.39, 0.29) is 18.2 Å². The standard InChI is InChI=1S/C14H15F3N2O.ClH/c15-14(16,17)20-12-3-1-11(2-4-12)9-13(10-18)5-7-19-8-6-13;/h1-4,19H,5-9H2;1H. The van der Waals surface area contributed by atoms with Gasteiger partial charge in [0.05, 0.1) is 11.5 Å². The van der Waals surface area contributed by atoms with Crippen molar-refractivity contribution in [2.24, 2.45) is 5.41 Å². The molecule has 116 valence electrons. The predicted octanol–water partition coefficient (Wildman–Crippen LogP) is 3.44. The van der Waals surface area contributed by atoms with E-state index >= 15 is 0 Å². The van der Waals surface area contributed by atoms with Gasteiger partial charge in [-0.05, 0) is 50.0 Å². The summed E-state index contributed by atoms with van der Waals surface area (Å²) in [6, 6.07) is 8.11. The third-order valence-corrected chi connectivity index (χ3v) is 3.50. The molecule has 1 saturated heterocycles. The zero-order valence-electron chi connectivity index (χ0n) is 11.2. The van der Waals surface area contributed by atoms with Crippen LogP contribution in [0.4, 0.5) is 13.2 Å². The minimum atomic E-state index is -4.68. The second kappa shape index (κ2) is 7.01. The summed E-state index contributed by atoms with van der Waals surface area (Å²) in [5.74, 6) is -0.238. The largest absolute Gasteiger partial charge is 0.573 e. The lowest BCUT2D eigenvalue weighted by Gasteiger charge is -2.31. The van der Waals surface area contributed by atoms with E-state index in [0.717, 1.165) is 31.5 Å². The molecule has 1 heterocycles. The van der Waals surface area contributed by atoms with Crippen molar-refractivity contribution in [3.8, 4) is 11.8 Å². The topological polar surface area (TPSA) is 45.0 Å². The quantitative estimate of drug-likeness (QED) is 0.928. The van der Waals surface area contributed by atoms with E-state index in [1.807, 2.05) is 0 Å². The molecule has 0 amide bonds. The molecule has 0 aromatic heterocycles. The summed E-state index contributed by atoms with van der Waals surface area (Å²) in [4.78, 5) is 0. The van der Waals surface area contributed by atoms with Gasteiger partial charge in [0.1, 0.15) is 5.75 Å². The highest BCUT2D eigenvalue weighted by Crippen LogP contribution is 2.33. The molecule has 7 heteroatoms. The van der Waals surface area contributed by atoms with Gasteiger partial charge in [-0.15, -0.1) is 25.6 Å². The highest BCUT2D eigenvalue weighted by Gasteiger charge is 2.33. The van der Waals surface area contributed by atoms with Gasteiger partial charge in [-0.25, -0.2) is 0 Å². The molecule has 1 aromatic carbocycles. The fourth-order valence-corrected chi connectivity index (χ4v) is 2.43. The molecule has 21 heavy (non-hydrogen) atoms. The minimum Gasteiger partial charge on any atom is -0.406 e. The van der Waals surface area contributed by atoms with Gasteiger partial charge in [-0.1, -0.05) is 12.1 Å². The van der Waals surface area contributed by atoms with Gasteiger partial charge in [-0.3, -0.25) is 0 Å². The average Bonchev–Trinajstić information content (AvgIpc) is 2.40. The predicted molar refractivity (Wildman–Crippen MR) is 74.2 cm³/mol. The van der Waals surface area contributed by atoms with Crippen molar-refractivity contribution >= 4 is 12.4 Å². The van der Waals surface area contributed by atoms with Crippen LogP contribution in [0.25, 0.3) is 0 Å². The van der Waals surface area contributed by atoms with Crippen LogP contribution in [0, 0.1) is 16.7 Å². The van der Waals surface area contributed by atoms with E-state index < -0.39 is 11.8 Å². The van der Waals surface area contributed by atoms with E-state index in [9.17, 15) is 18.4 Å². The molecule has 0 unspecified atom stereocenters. The summed E-state index contributed by atoms with van der Waals surface area (Å²) >= 11 is 0. The van der Waals surface area contributed by atoms with Crippen LogP contribution in [-0.4, -0.2) is 19.5 Å². The van der Waals surface area contributed by atoms with Crippen LogP contribution in [0.3, 0.4) is 0 Å². The number of nitrogens with one attached hydrogen (secondary N) is 1. The van der Waals surface area contributed by atoms with Gasteiger partial charge in [0.25, 0.3) is 0 Å². The van der Waals surface area contributed by atoms with Crippen LogP contribution in [0.5, 0.6) is 5.75 Å². The van der Waals surface area contributed by atoms with Gasteiger partial charge in [0.15, 0.2) is 0 Å². The molecule has 1 fully saturated rings. The first kappa shape index (κ1) is 17.6. The highest BCUT2D eigenvalue weighted by atomic mass is 35.5. The number of rotatable bonds is 3. The molecule has 1 aromatic rings. The maximum Gasteiger partial charge on any atom is 0.573 e. The van der Waals surface area contributed by atoms with Crippen LogP contribution in [-0.2, 0) is 6.42 Å². The first-order valence-electron chi connectivity index (χ1n) is 6.39. The van der Waals surface area contributed by atoms with Gasteiger partial charge in [0, 0.05) is 0 Å². The number of benzene rings is 1. The van der Waals surface area contributed by atoms with Crippen LogP contribution in [0.15, 0.2) is 24.3 Å². The molecule has 0 saturated carbocycles. The monoisotopic (exact) mass is 320 g/mol. The Kier molecular flexibility index (Phi) is 5.87. The van der Waals surface area contributed by atoms with E-state index in [1.54, 1.807) is 12.1 Å². The first-order chi connectivity index (χ1) is 9.42. The van der Waals surface area contributed by atoms with Crippen molar-refractivity contribution in [3.63, 3.8) is 0 Å². The van der Waals surface area contributed by atoms with Gasteiger partial charge >= 0.3 is 6.36 Å². The lowest BCUT2D eigenvalue weighted by atomic mass is 9.75. The van der Waals surface area contributed by atoms with E-state index in [2.05, 4.69) is 16.1 Å². The van der Waals surface area contributed by atoms with Crippen LogP contribution < -0.4 is 10.1 Å². The lowest BCUT2D eigenvalue weighted by Crippen LogP contribution is -2.37. The van der Waals surface area contributed by atoms with Crippen molar-refractivity contribution < 1.29 is 17.9 Å². The second-order valence-corrected chi connectivity index (χ2v) is 5.01. The highest BCUT2D eigenvalue weighted by molar-refractivity contribution is 5.85. The minimum absolute atomic E-state index is 0. The Morgan fingerprint density at radius 1 is 1.19 bits per heavy atom. The third kappa shape index (κ3) is 5.10. The molecule has 0 spiro atoms. The van der Waals surface area contributed by atoms with Gasteiger partial charge < -0.3 is 10.1 Å². The molecule has 3 nitrogen and oxygen atoms in total. The number of nitrogens with zero attached hydrogens (tertiary/aromatic N) is 1. The molecular weight excluding hydrogens is 305 g/mol. The normalized spacial score (nSPS) is 17.4. The molecule has 1 aliphatic heterocycles. The zero-order chi connectivity index (χ0) is 14.6. The number of piperidine rings is 1. The Morgan fingerprint density at radius 3 is 2.24 bits per heavy atom. The number of halogens is 4. The van der Waals surface area contributed by atoms with Crippen molar-refractivity contribution in [3.05, 3.63) is 29.8 Å². The van der Waals surface area contributed by atoms with Crippen LogP contribution in [0.2, 0.25) is 0 Å². The number of alkyl halides is 3. The smallest absolute Gasteiger partial charge is 0.406 e. The summed E-state index contributed by atoms with van der Waals surface area (Å²) in [6.07, 6.45) is -2.61. The molecule has 2 rings (SSSR count). The van der Waals surface area contributed by atoms with Crippen LogP contribution in [0.1, 0.15) is 18.4 Å². The first-order valence-corrected chi connectivity index (χ1v) is 6.39. The summed E-state index contributed by atoms with van der Waals surface area (Å²) < 4.78 is 40.0.